The number of para-hydroxylation sites is 1. The summed E-state index contributed by atoms with van der Waals surface area (Å²) < 4.78 is 7.12. The molecule has 1 aromatic carbocycles. The van der Waals surface area contributed by atoms with Crippen LogP contribution in [-0.2, 0) is 0 Å². The zero-order valence-corrected chi connectivity index (χ0v) is 8.50. The molecule has 0 saturated carbocycles. The van der Waals surface area contributed by atoms with Crippen molar-refractivity contribution in [3.8, 4) is 5.75 Å². The van der Waals surface area contributed by atoms with E-state index in [-0.39, 0.29) is 0 Å². The van der Waals surface area contributed by atoms with Crippen molar-refractivity contribution >= 4 is 12.3 Å². The van der Waals surface area contributed by atoms with E-state index in [1.165, 1.54) is 0 Å². The highest BCUT2D eigenvalue weighted by Crippen LogP contribution is 2.18. The van der Waals surface area contributed by atoms with Gasteiger partial charge in [-0.1, -0.05) is 18.2 Å². The Kier molecular flexibility index (Phi) is 2.83. The Hall–Kier alpha value is -2.03. The van der Waals surface area contributed by atoms with E-state index in [0.717, 1.165) is 11.3 Å². The molecule has 0 spiro atoms. The van der Waals surface area contributed by atoms with Crippen LogP contribution in [-0.4, -0.2) is 16.7 Å². The van der Waals surface area contributed by atoms with E-state index >= 15 is 0 Å². The van der Waals surface area contributed by atoms with Crippen LogP contribution in [0.1, 0.15) is 5.56 Å². The largest absolute Gasteiger partial charge is 0.496 e. The predicted molar refractivity (Wildman–Crippen MR) is 60.4 cm³/mol. The molecule has 0 radical (unpaired) electrons. The molecule has 3 heteroatoms. The van der Waals surface area contributed by atoms with Gasteiger partial charge in [-0.05, 0) is 12.1 Å². The quantitative estimate of drug-likeness (QED) is 0.761. The average molecular weight is 200 g/mol. The van der Waals surface area contributed by atoms with Gasteiger partial charge in [0, 0.05) is 24.2 Å². The maximum Gasteiger partial charge on any atom is 0.126 e. The number of rotatable bonds is 3. The molecule has 0 amide bonds. The highest BCUT2D eigenvalue weighted by Gasteiger charge is 1.95. The second kappa shape index (κ2) is 4.46. The van der Waals surface area contributed by atoms with Crippen LogP contribution in [0.4, 0.5) is 0 Å². The van der Waals surface area contributed by atoms with Gasteiger partial charge in [0.2, 0.25) is 0 Å². The second-order valence-electron chi connectivity index (χ2n) is 3.07. The van der Waals surface area contributed by atoms with Crippen molar-refractivity contribution in [1.29, 1.82) is 0 Å². The van der Waals surface area contributed by atoms with Crippen LogP contribution in [0.5, 0.6) is 5.75 Å². The Bertz CT molecular complexity index is 446. The Morgan fingerprint density at radius 2 is 2.20 bits per heavy atom. The summed E-state index contributed by atoms with van der Waals surface area (Å²) in [6.45, 7) is 0. The number of nitrogens with zero attached hydrogens (tertiary/aromatic N) is 2. The molecule has 0 atom stereocenters. The third kappa shape index (κ3) is 2.26. The van der Waals surface area contributed by atoms with E-state index in [0.29, 0.717) is 0 Å². The number of benzene rings is 1. The van der Waals surface area contributed by atoms with Crippen molar-refractivity contribution in [2.24, 2.45) is 0 Å². The fourth-order valence-electron chi connectivity index (χ4n) is 1.33. The first-order valence-electron chi connectivity index (χ1n) is 4.69. The molecule has 0 bridgehead atoms. The lowest BCUT2D eigenvalue weighted by Gasteiger charge is -2.03. The van der Waals surface area contributed by atoms with Crippen molar-refractivity contribution in [2.45, 2.75) is 0 Å². The number of hydrogen-bond donors (Lipinski definition) is 0. The molecule has 0 aliphatic heterocycles. The molecule has 1 aromatic heterocycles. The van der Waals surface area contributed by atoms with E-state index < -0.39 is 0 Å². The van der Waals surface area contributed by atoms with Gasteiger partial charge in [0.15, 0.2) is 0 Å². The van der Waals surface area contributed by atoms with E-state index in [1.807, 2.05) is 47.3 Å². The predicted octanol–water partition coefficient (Wildman–Crippen LogP) is 2.52. The van der Waals surface area contributed by atoms with Crippen molar-refractivity contribution < 1.29 is 4.74 Å². The van der Waals surface area contributed by atoms with Crippen molar-refractivity contribution in [3.05, 3.63) is 48.5 Å². The summed E-state index contributed by atoms with van der Waals surface area (Å²) in [5.41, 5.74) is 1.05. The minimum Gasteiger partial charge on any atom is -0.496 e. The van der Waals surface area contributed by atoms with Crippen LogP contribution in [0.15, 0.2) is 43.0 Å². The highest BCUT2D eigenvalue weighted by atomic mass is 16.5. The fourth-order valence-corrected chi connectivity index (χ4v) is 1.33. The summed E-state index contributed by atoms with van der Waals surface area (Å²) in [4.78, 5) is 3.96. The Morgan fingerprint density at radius 1 is 1.33 bits per heavy atom. The molecule has 1 heterocycles. The minimum absolute atomic E-state index is 0.869. The van der Waals surface area contributed by atoms with Crippen LogP contribution in [0.25, 0.3) is 12.3 Å². The van der Waals surface area contributed by atoms with Gasteiger partial charge in [-0.2, -0.15) is 0 Å². The number of imidazole rings is 1. The summed E-state index contributed by atoms with van der Waals surface area (Å²) in [6, 6.07) is 7.88. The molecule has 2 aromatic rings. The maximum absolute atomic E-state index is 5.24. The van der Waals surface area contributed by atoms with Crippen LogP contribution < -0.4 is 4.74 Å². The van der Waals surface area contributed by atoms with Crippen LogP contribution >= 0.6 is 0 Å². The molecule has 0 fully saturated rings. The van der Waals surface area contributed by atoms with E-state index in [4.69, 9.17) is 4.74 Å². The molecule has 0 unspecified atom stereocenters. The molecule has 15 heavy (non-hydrogen) atoms. The molecule has 76 valence electrons. The Labute approximate surface area is 88.6 Å². The molecule has 0 aliphatic rings. The molecular formula is C12H12N2O. The lowest BCUT2D eigenvalue weighted by atomic mass is 10.2. The summed E-state index contributed by atoms with van der Waals surface area (Å²) in [7, 11) is 1.67. The first kappa shape index (κ1) is 9.52. The van der Waals surface area contributed by atoms with Gasteiger partial charge in [0.05, 0.1) is 13.4 Å². The van der Waals surface area contributed by atoms with E-state index in [1.54, 1.807) is 19.6 Å². The summed E-state index contributed by atoms with van der Waals surface area (Å²) in [6.07, 6.45) is 9.29. The third-order valence-corrected chi connectivity index (χ3v) is 2.09. The first-order valence-corrected chi connectivity index (χ1v) is 4.69. The monoisotopic (exact) mass is 200 g/mol. The van der Waals surface area contributed by atoms with Gasteiger partial charge in [-0.15, -0.1) is 0 Å². The van der Waals surface area contributed by atoms with Crippen LogP contribution in [0.3, 0.4) is 0 Å². The van der Waals surface area contributed by atoms with Crippen LogP contribution in [0.2, 0.25) is 0 Å². The Morgan fingerprint density at radius 3 is 2.93 bits per heavy atom. The third-order valence-electron chi connectivity index (χ3n) is 2.09. The normalized spacial score (nSPS) is 10.7. The SMILES string of the molecule is COc1ccccc1/C=C/n1ccnc1. The van der Waals surface area contributed by atoms with Crippen LogP contribution in [0, 0.1) is 0 Å². The summed E-state index contributed by atoms with van der Waals surface area (Å²) >= 11 is 0. The lowest BCUT2D eigenvalue weighted by molar-refractivity contribution is 0.414. The number of ether oxygens (including phenoxy) is 1. The molecular weight excluding hydrogens is 188 g/mol. The van der Waals surface area contributed by atoms with Crippen molar-refractivity contribution in [1.82, 2.24) is 9.55 Å². The Balaban J connectivity index is 2.24. The highest BCUT2D eigenvalue weighted by molar-refractivity contribution is 5.65. The molecule has 2 rings (SSSR count). The summed E-state index contributed by atoms with van der Waals surface area (Å²) in [5.74, 6) is 0.869. The number of aromatic nitrogens is 2. The first-order chi connectivity index (χ1) is 7.40. The van der Waals surface area contributed by atoms with Gasteiger partial charge in [-0.25, -0.2) is 4.98 Å². The minimum atomic E-state index is 0.869. The van der Waals surface area contributed by atoms with E-state index in [2.05, 4.69) is 4.98 Å². The van der Waals surface area contributed by atoms with Gasteiger partial charge < -0.3 is 9.30 Å². The van der Waals surface area contributed by atoms with Gasteiger partial charge in [0.1, 0.15) is 5.75 Å². The maximum atomic E-state index is 5.24. The topological polar surface area (TPSA) is 27.1 Å². The van der Waals surface area contributed by atoms with Crippen molar-refractivity contribution in [2.75, 3.05) is 7.11 Å². The number of methoxy groups -OCH3 is 1. The van der Waals surface area contributed by atoms with Gasteiger partial charge in [-0.3, -0.25) is 0 Å². The standard InChI is InChI=1S/C12H12N2O/c1-15-12-5-3-2-4-11(12)6-8-14-9-7-13-10-14/h2-10H,1H3/b8-6+. The average Bonchev–Trinajstić information content (AvgIpc) is 2.79. The molecule has 0 aliphatic carbocycles. The van der Waals surface area contributed by atoms with E-state index in [9.17, 15) is 0 Å². The fraction of sp³-hybridized carbons (Fsp3) is 0.0833. The number of hydrogen-bond acceptors (Lipinski definition) is 2. The van der Waals surface area contributed by atoms with Gasteiger partial charge >= 0.3 is 0 Å². The van der Waals surface area contributed by atoms with Gasteiger partial charge in [0.25, 0.3) is 0 Å². The lowest BCUT2D eigenvalue weighted by Crippen LogP contribution is -1.86. The zero-order valence-electron chi connectivity index (χ0n) is 8.50. The summed E-state index contributed by atoms with van der Waals surface area (Å²) in [5, 5.41) is 0. The molecule has 3 nitrogen and oxygen atoms in total. The smallest absolute Gasteiger partial charge is 0.126 e. The molecule has 0 saturated heterocycles. The second-order valence-corrected chi connectivity index (χ2v) is 3.07. The van der Waals surface area contributed by atoms with Crippen molar-refractivity contribution in [3.63, 3.8) is 0 Å². The zero-order chi connectivity index (χ0) is 10.5. The molecule has 0 N–H and O–H groups in total.